The quantitative estimate of drug-likeness (QED) is 0.446. The third kappa shape index (κ3) is 1.16. The van der Waals surface area contributed by atoms with Gasteiger partial charge in [0.15, 0.2) is 5.78 Å². The van der Waals surface area contributed by atoms with Crippen LogP contribution in [0.3, 0.4) is 0 Å². The van der Waals surface area contributed by atoms with Crippen molar-refractivity contribution in [1.82, 2.24) is 0 Å². The van der Waals surface area contributed by atoms with Crippen molar-refractivity contribution in [2.75, 3.05) is 0 Å². The van der Waals surface area contributed by atoms with E-state index in [0.717, 1.165) is 0 Å². The monoisotopic (exact) mass is 125 g/mol. The number of carboxylic acids is 1. The van der Waals surface area contributed by atoms with Gasteiger partial charge >= 0.3 is 0 Å². The Morgan fingerprint density at radius 1 is 1.78 bits per heavy atom. The minimum atomic E-state index is -1.17. The van der Waals surface area contributed by atoms with Crippen molar-refractivity contribution in [3.05, 3.63) is 12.2 Å². The molecule has 0 aliphatic heterocycles. The van der Waals surface area contributed by atoms with Crippen LogP contribution < -0.4 is 5.11 Å². The van der Waals surface area contributed by atoms with E-state index in [1.54, 1.807) is 0 Å². The summed E-state index contributed by atoms with van der Waals surface area (Å²) in [5.74, 6) is -1.99. The van der Waals surface area contributed by atoms with E-state index >= 15 is 0 Å². The zero-order valence-corrected chi connectivity index (χ0v) is 4.66. The summed E-state index contributed by atoms with van der Waals surface area (Å²) >= 11 is 0. The van der Waals surface area contributed by atoms with Crippen LogP contribution in [0.25, 0.3) is 0 Å². The van der Waals surface area contributed by atoms with Crippen LogP contribution in [0, 0.1) is 5.92 Å². The van der Waals surface area contributed by atoms with Crippen LogP contribution >= 0.6 is 0 Å². The molecule has 0 saturated carbocycles. The molecule has 0 aromatic carbocycles. The lowest BCUT2D eigenvalue weighted by Gasteiger charge is -2.04. The molecule has 9 heavy (non-hydrogen) atoms. The number of carbonyl (C=O) groups is 2. The SMILES string of the molecule is O=C1C=C[C@H](C(=O)[O-])C1. The van der Waals surface area contributed by atoms with Gasteiger partial charge in [-0.3, -0.25) is 4.79 Å². The second-order valence-corrected chi connectivity index (χ2v) is 1.96. The van der Waals surface area contributed by atoms with E-state index < -0.39 is 11.9 Å². The number of carbonyl (C=O) groups excluding carboxylic acids is 2. The summed E-state index contributed by atoms with van der Waals surface area (Å²) in [5, 5.41) is 10.0. The molecule has 0 aromatic rings. The molecule has 0 spiro atoms. The minimum Gasteiger partial charge on any atom is -0.550 e. The zero-order chi connectivity index (χ0) is 6.85. The molecule has 3 heteroatoms. The minimum absolute atomic E-state index is 0.0718. The van der Waals surface area contributed by atoms with Gasteiger partial charge in [0.2, 0.25) is 0 Å². The highest BCUT2D eigenvalue weighted by atomic mass is 16.4. The lowest BCUT2D eigenvalue weighted by atomic mass is 10.1. The average Bonchev–Trinajstić information content (AvgIpc) is 2.14. The van der Waals surface area contributed by atoms with E-state index in [0.29, 0.717) is 0 Å². The molecular weight excluding hydrogens is 120 g/mol. The first-order valence-electron chi connectivity index (χ1n) is 2.62. The second-order valence-electron chi connectivity index (χ2n) is 1.96. The molecule has 0 unspecified atom stereocenters. The van der Waals surface area contributed by atoms with Gasteiger partial charge in [0.25, 0.3) is 0 Å². The molecular formula is C6H5O3-. The Kier molecular flexibility index (Phi) is 1.34. The van der Waals surface area contributed by atoms with E-state index in [-0.39, 0.29) is 12.2 Å². The number of hydrogen-bond donors (Lipinski definition) is 0. The predicted molar refractivity (Wildman–Crippen MR) is 27.3 cm³/mol. The highest BCUT2D eigenvalue weighted by Gasteiger charge is 2.15. The van der Waals surface area contributed by atoms with E-state index in [2.05, 4.69) is 0 Å². The van der Waals surface area contributed by atoms with Gasteiger partial charge in [-0.25, -0.2) is 0 Å². The largest absolute Gasteiger partial charge is 0.550 e. The summed E-state index contributed by atoms with van der Waals surface area (Å²) in [6.07, 6.45) is 2.71. The van der Waals surface area contributed by atoms with Crippen LogP contribution in [0.1, 0.15) is 6.42 Å². The van der Waals surface area contributed by atoms with Gasteiger partial charge in [-0.15, -0.1) is 0 Å². The highest BCUT2D eigenvalue weighted by molar-refractivity contribution is 5.96. The Labute approximate surface area is 52.0 Å². The lowest BCUT2D eigenvalue weighted by molar-refractivity contribution is -0.309. The fourth-order valence-electron chi connectivity index (χ4n) is 0.738. The molecule has 1 atom stereocenters. The first-order valence-corrected chi connectivity index (χ1v) is 2.62. The average molecular weight is 125 g/mol. The van der Waals surface area contributed by atoms with Gasteiger partial charge in [-0.1, -0.05) is 6.08 Å². The van der Waals surface area contributed by atoms with Crippen LogP contribution in [0.4, 0.5) is 0 Å². The molecule has 0 bridgehead atoms. The van der Waals surface area contributed by atoms with Gasteiger partial charge in [0, 0.05) is 18.3 Å². The molecule has 0 fully saturated rings. The van der Waals surface area contributed by atoms with Crippen molar-refractivity contribution in [3.63, 3.8) is 0 Å². The molecule has 0 heterocycles. The van der Waals surface area contributed by atoms with Crippen LogP contribution in [-0.4, -0.2) is 11.8 Å². The van der Waals surface area contributed by atoms with Gasteiger partial charge in [-0.2, -0.15) is 0 Å². The molecule has 0 N–H and O–H groups in total. The molecule has 0 amide bonds. The van der Waals surface area contributed by atoms with Gasteiger partial charge in [-0.05, 0) is 6.08 Å². The highest BCUT2D eigenvalue weighted by Crippen LogP contribution is 2.12. The van der Waals surface area contributed by atoms with Gasteiger partial charge < -0.3 is 9.90 Å². The first-order chi connectivity index (χ1) is 4.20. The first kappa shape index (κ1) is 6.01. The number of carboxylic acid groups (broad SMARTS) is 1. The van der Waals surface area contributed by atoms with Crippen molar-refractivity contribution in [2.45, 2.75) is 6.42 Å². The second kappa shape index (κ2) is 2.01. The fourth-order valence-corrected chi connectivity index (χ4v) is 0.738. The number of hydrogen-bond acceptors (Lipinski definition) is 3. The Morgan fingerprint density at radius 3 is 2.67 bits per heavy atom. The Bertz CT molecular complexity index is 181. The molecule has 48 valence electrons. The van der Waals surface area contributed by atoms with E-state index in [1.807, 2.05) is 0 Å². The molecule has 0 aromatic heterocycles. The van der Waals surface area contributed by atoms with Crippen LogP contribution in [0.2, 0.25) is 0 Å². The van der Waals surface area contributed by atoms with E-state index in [4.69, 9.17) is 0 Å². The van der Waals surface area contributed by atoms with Crippen molar-refractivity contribution in [3.8, 4) is 0 Å². The molecule has 1 aliphatic carbocycles. The van der Waals surface area contributed by atoms with Crippen LogP contribution in [0.5, 0.6) is 0 Å². The van der Waals surface area contributed by atoms with Crippen molar-refractivity contribution >= 4 is 11.8 Å². The van der Waals surface area contributed by atoms with Gasteiger partial charge in [0.1, 0.15) is 0 Å². The number of allylic oxidation sites excluding steroid dienone is 1. The Balaban J connectivity index is 2.60. The summed E-state index contributed by atoms with van der Waals surface area (Å²) in [6.45, 7) is 0. The van der Waals surface area contributed by atoms with Crippen molar-refractivity contribution < 1.29 is 14.7 Å². The Morgan fingerprint density at radius 2 is 2.44 bits per heavy atom. The topological polar surface area (TPSA) is 57.2 Å². The fraction of sp³-hybridized carbons (Fsp3) is 0.333. The van der Waals surface area contributed by atoms with Crippen LogP contribution in [0.15, 0.2) is 12.2 Å². The maximum Gasteiger partial charge on any atom is 0.156 e. The summed E-state index contributed by atoms with van der Waals surface area (Å²) in [5.41, 5.74) is 0. The van der Waals surface area contributed by atoms with Crippen LogP contribution in [-0.2, 0) is 9.59 Å². The summed E-state index contributed by atoms with van der Waals surface area (Å²) in [6, 6.07) is 0. The third-order valence-electron chi connectivity index (χ3n) is 1.24. The Hall–Kier alpha value is -1.12. The molecule has 0 radical (unpaired) electrons. The van der Waals surface area contributed by atoms with E-state index in [1.165, 1.54) is 12.2 Å². The number of ketones is 1. The maximum atomic E-state index is 10.4. The normalized spacial score (nSPS) is 24.9. The standard InChI is InChI=1S/C6H6O3/c7-5-2-1-4(3-5)6(8)9/h1-2,4H,3H2,(H,8,9)/p-1/t4-/m0/s1. The van der Waals surface area contributed by atoms with E-state index in [9.17, 15) is 14.7 Å². The zero-order valence-electron chi connectivity index (χ0n) is 4.66. The molecule has 1 aliphatic rings. The maximum absolute atomic E-state index is 10.4. The third-order valence-corrected chi connectivity index (χ3v) is 1.24. The molecule has 0 saturated heterocycles. The molecule has 3 nitrogen and oxygen atoms in total. The smallest absolute Gasteiger partial charge is 0.156 e. The van der Waals surface area contributed by atoms with Crippen molar-refractivity contribution in [1.29, 1.82) is 0 Å². The van der Waals surface area contributed by atoms with Crippen molar-refractivity contribution in [2.24, 2.45) is 5.92 Å². The lowest BCUT2D eigenvalue weighted by Crippen LogP contribution is -2.29. The summed E-state index contributed by atoms with van der Waals surface area (Å²) in [7, 11) is 0. The van der Waals surface area contributed by atoms with Gasteiger partial charge in [0.05, 0.1) is 0 Å². The summed E-state index contributed by atoms with van der Waals surface area (Å²) < 4.78 is 0. The number of rotatable bonds is 1. The predicted octanol–water partition coefficient (Wildman–Crippen LogP) is -1.12. The summed E-state index contributed by atoms with van der Waals surface area (Å²) in [4.78, 5) is 20.4. The molecule has 1 rings (SSSR count). The number of aliphatic carboxylic acids is 1.